The van der Waals surface area contributed by atoms with Gasteiger partial charge in [0.2, 0.25) is 0 Å². The Morgan fingerprint density at radius 2 is 2.09 bits per heavy atom. The molecule has 0 aromatic heterocycles. The van der Waals surface area contributed by atoms with Crippen LogP contribution < -0.4 is 11.1 Å². The minimum absolute atomic E-state index is 0.0920. The Morgan fingerprint density at radius 1 is 1.43 bits per heavy atom. The third-order valence-electron chi connectivity index (χ3n) is 3.94. The molecule has 0 spiro atoms. The SMILES string of the molecule is CC1CCCN(C(N)=NCC(NC(=O)OC(C)(C)C)C(C)C)C1. The van der Waals surface area contributed by atoms with Gasteiger partial charge in [0.15, 0.2) is 5.96 Å². The molecule has 1 fully saturated rings. The maximum absolute atomic E-state index is 11.9. The Kier molecular flexibility index (Phi) is 7.16. The molecule has 0 bridgehead atoms. The Bertz CT molecular complexity index is 415. The van der Waals surface area contributed by atoms with Crippen LogP contribution in [0.4, 0.5) is 4.79 Å². The fourth-order valence-electron chi connectivity index (χ4n) is 2.57. The average Bonchev–Trinajstić information content (AvgIpc) is 2.40. The van der Waals surface area contributed by atoms with Gasteiger partial charge in [0.05, 0.1) is 12.6 Å². The predicted molar refractivity (Wildman–Crippen MR) is 94.5 cm³/mol. The Morgan fingerprint density at radius 3 is 2.61 bits per heavy atom. The number of alkyl carbamates (subject to hydrolysis) is 1. The monoisotopic (exact) mass is 326 g/mol. The molecule has 0 aromatic carbocycles. The summed E-state index contributed by atoms with van der Waals surface area (Å²) in [5.41, 5.74) is 5.62. The van der Waals surface area contributed by atoms with Gasteiger partial charge in [0, 0.05) is 13.1 Å². The molecule has 1 heterocycles. The van der Waals surface area contributed by atoms with Crippen molar-refractivity contribution in [1.29, 1.82) is 0 Å². The van der Waals surface area contributed by atoms with Gasteiger partial charge in [-0.1, -0.05) is 20.8 Å². The highest BCUT2D eigenvalue weighted by atomic mass is 16.6. The lowest BCUT2D eigenvalue weighted by atomic mass is 10.0. The molecule has 3 N–H and O–H groups in total. The van der Waals surface area contributed by atoms with Crippen LogP contribution in [-0.2, 0) is 4.74 Å². The molecule has 0 aliphatic carbocycles. The number of hydrogen-bond donors (Lipinski definition) is 2. The van der Waals surface area contributed by atoms with Gasteiger partial charge in [-0.25, -0.2) is 4.79 Å². The number of nitrogens with zero attached hydrogens (tertiary/aromatic N) is 2. The van der Waals surface area contributed by atoms with Crippen molar-refractivity contribution >= 4 is 12.1 Å². The third-order valence-corrected chi connectivity index (χ3v) is 3.94. The number of hydrogen-bond acceptors (Lipinski definition) is 3. The second-order valence-corrected chi connectivity index (χ2v) is 7.89. The van der Waals surface area contributed by atoms with E-state index in [4.69, 9.17) is 10.5 Å². The minimum atomic E-state index is -0.502. The molecule has 1 rings (SSSR count). The summed E-state index contributed by atoms with van der Waals surface area (Å²) in [4.78, 5) is 18.6. The molecule has 2 atom stereocenters. The zero-order chi connectivity index (χ0) is 17.6. The van der Waals surface area contributed by atoms with Crippen LogP contribution in [0.3, 0.4) is 0 Å². The molecule has 2 unspecified atom stereocenters. The number of aliphatic imine (C=N–C) groups is 1. The topological polar surface area (TPSA) is 80.0 Å². The van der Waals surface area contributed by atoms with Gasteiger partial charge in [0.25, 0.3) is 0 Å². The predicted octanol–water partition coefficient (Wildman–Crippen LogP) is 2.58. The first-order chi connectivity index (χ1) is 10.6. The summed E-state index contributed by atoms with van der Waals surface area (Å²) in [7, 11) is 0. The van der Waals surface area contributed by atoms with E-state index in [1.807, 2.05) is 20.8 Å². The Balaban J connectivity index is 2.58. The van der Waals surface area contributed by atoms with Crippen molar-refractivity contribution in [3.63, 3.8) is 0 Å². The third kappa shape index (κ3) is 7.57. The number of nitrogens with one attached hydrogen (secondary N) is 1. The zero-order valence-corrected chi connectivity index (χ0v) is 15.6. The quantitative estimate of drug-likeness (QED) is 0.615. The van der Waals surface area contributed by atoms with E-state index in [1.165, 1.54) is 6.42 Å². The molecule has 0 saturated carbocycles. The lowest BCUT2D eigenvalue weighted by Crippen LogP contribution is -2.46. The second kappa shape index (κ2) is 8.41. The minimum Gasteiger partial charge on any atom is -0.444 e. The number of likely N-dealkylation sites (tertiary alicyclic amines) is 1. The number of piperidine rings is 1. The van der Waals surface area contributed by atoms with Crippen molar-refractivity contribution in [2.24, 2.45) is 22.6 Å². The van der Waals surface area contributed by atoms with Gasteiger partial charge in [-0.3, -0.25) is 4.99 Å². The maximum Gasteiger partial charge on any atom is 0.407 e. The molecule has 6 heteroatoms. The summed E-state index contributed by atoms with van der Waals surface area (Å²) in [5.74, 6) is 1.48. The molecule has 134 valence electrons. The van der Waals surface area contributed by atoms with E-state index < -0.39 is 11.7 Å². The van der Waals surface area contributed by atoms with Crippen molar-refractivity contribution in [3.8, 4) is 0 Å². The smallest absolute Gasteiger partial charge is 0.407 e. The van der Waals surface area contributed by atoms with E-state index in [0.717, 1.165) is 19.5 Å². The van der Waals surface area contributed by atoms with Gasteiger partial charge in [-0.2, -0.15) is 0 Å². The van der Waals surface area contributed by atoms with E-state index in [-0.39, 0.29) is 12.0 Å². The average molecular weight is 326 g/mol. The molecule has 23 heavy (non-hydrogen) atoms. The van der Waals surface area contributed by atoms with Crippen LogP contribution in [-0.4, -0.2) is 48.2 Å². The summed E-state index contributed by atoms with van der Waals surface area (Å²) in [5, 5.41) is 2.90. The van der Waals surface area contributed by atoms with E-state index in [1.54, 1.807) is 0 Å². The molecule has 1 aliphatic rings. The highest BCUT2D eigenvalue weighted by Crippen LogP contribution is 2.15. The van der Waals surface area contributed by atoms with Crippen LogP contribution in [0.5, 0.6) is 0 Å². The number of nitrogens with two attached hydrogens (primary N) is 1. The first-order valence-corrected chi connectivity index (χ1v) is 8.63. The lowest BCUT2D eigenvalue weighted by molar-refractivity contribution is 0.0493. The summed E-state index contributed by atoms with van der Waals surface area (Å²) >= 11 is 0. The zero-order valence-electron chi connectivity index (χ0n) is 15.6. The molecule has 1 amide bonds. The van der Waals surface area contributed by atoms with Crippen LogP contribution in [0, 0.1) is 11.8 Å². The summed E-state index contributed by atoms with van der Waals surface area (Å²) < 4.78 is 5.32. The van der Waals surface area contributed by atoms with Crippen LogP contribution in [0.1, 0.15) is 54.4 Å². The van der Waals surface area contributed by atoms with Gasteiger partial charge in [-0.05, 0) is 45.4 Å². The Labute approximate surface area is 140 Å². The number of ether oxygens (including phenoxy) is 1. The van der Waals surface area contributed by atoms with Gasteiger partial charge >= 0.3 is 6.09 Å². The molecule has 0 radical (unpaired) electrons. The van der Waals surface area contributed by atoms with Crippen molar-refractivity contribution in [2.75, 3.05) is 19.6 Å². The Hall–Kier alpha value is -1.46. The van der Waals surface area contributed by atoms with Gasteiger partial charge < -0.3 is 20.7 Å². The summed E-state index contributed by atoms with van der Waals surface area (Å²) in [6, 6.07) is -0.0920. The number of guanidine groups is 1. The summed E-state index contributed by atoms with van der Waals surface area (Å²) in [6.45, 7) is 14.3. The molecular formula is C17H34N4O2. The van der Waals surface area contributed by atoms with Gasteiger partial charge in [-0.15, -0.1) is 0 Å². The van der Waals surface area contributed by atoms with Crippen molar-refractivity contribution in [3.05, 3.63) is 0 Å². The molecular weight excluding hydrogens is 292 g/mol. The first-order valence-electron chi connectivity index (χ1n) is 8.63. The highest BCUT2D eigenvalue weighted by Gasteiger charge is 2.22. The molecule has 1 saturated heterocycles. The fraction of sp³-hybridized carbons (Fsp3) is 0.882. The van der Waals surface area contributed by atoms with Crippen LogP contribution >= 0.6 is 0 Å². The van der Waals surface area contributed by atoms with Crippen molar-refractivity contribution in [1.82, 2.24) is 10.2 Å². The van der Waals surface area contributed by atoms with E-state index in [9.17, 15) is 4.79 Å². The summed E-state index contributed by atoms with van der Waals surface area (Å²) in [6.07, 6.45) is 2.00. The highest BCUT2D eigenvalue weighted by molar-refractivity contribution is 5.78. The largest absolute Gasteiger partial charge is 0.444 e. The second-order valence-electron chi connectivity index (χ2n) is 7.89. The van der Waals surface area contributed by atoms with Crippen molar-refractivity contribution in [2.45, 2.75) is 66.0 Å². The van der Waals surface area contributed by atoms with Crippen LogP contribution in [0.25, 0.3) is 0 Å². The lowest BCUT2D eigenvalue weighted by Gasteiger charge is -2.32. The van der Waals surface area contributed by atoms with Gasteiger partial charge in [0.1, 0.15) is 5.60 Å². The molecule has 6 nitrogen and oxygen atoms in total. The number of rotatable bonds is 4. The fourth-order valence-corrected chi connectivity index (χ4v) is 2.57. The van der Waals surface area contributed by atoms with Crippen LogP contribution in [0.2, 0.25) is 0 Å². The standard InChI is InChI=1S/C17H34N4O2/c1-12(2)14(20-16(22)23-17(4,5)6)10-19-15(18)21-9-7-8-13(3)11-21/h12-14H,7-11H2,1-6H3,(H2,18,19)(H,20,22). The van der Waals surface area contributed by atoms with E-state index in [0.29, 0.717) is 18.4 Å². The molecule has 1 aliphatic heterocycles. The number of amides is 1. The maximum atomic E-state index is 11.9. The normalized spacial score (nSPS) is 21.3. The first kappa shape index (κ1) is 19.6. The van der Waals surface area contributed by atoms with E-state index in [2.05, 4.69) is 36.0 Å². The van der Waals surface area contributed by atoms with E-state index >= 15 is 0 Å². The number of carbonyl (C=O) groups excluding carboxylic acids is 1. The molecule has 0 aromatic rings. The van der Waals surface area contributed by atoms with Crippen molar-refractivity contribution < 1.29 is 9.53 Å². The van der Waals surface area contributed by atoms with Crippen LogP contribution in [0.15, 0.2) is 4.99 Å². The number of carbonyl (C=O) groups is 1.